The van der Waals surface area contributed by atoms with Crippen LogP contribution >= 0.6 is 0 Å². The monoisotopic (exact) mass is 352 g/mol. The van der Waals surface area contributed by atoms with E-state index in [1.807, 2.05) is 0 Å². The van der Waals surface area contributed by atoms with Crippen LogP contribution in [0.15, 0.2) is 32.7 Å². The molecule has 0 amide bonds. The van der Waals surface area contributed by atoms with Gasteiger partial charge in [0.25, 0.3) is 10.9 Å². The molecule has 0 aromatic heterocycles. The minimum atomic E-state index is -3.86. The number of nitrogens with one attached hydrogen (secondary N) is 2. The Hall–Kier alpha value is -2.37. The number of hydrogen-bond donors (Lipinski definition) is 3. The summed E-state index contributed by atoms with van der Waals surface area (Å²) in [6.45, 7) is 0. The highest BCUT2D eigenvalue weighted by molar-refractivity contribution is 7.89. The summed E-state index contributed by atoms with van der Waals surface area (Å²) < 4.78 is 25.3. The molecule has 0 unspecified atom stereocenters. The summed E-state index contributed by atoms with van der Waals surface area (Å²) in [5.41, 5.74) is 1.26. The highest BCUT2D eigenvalue weighted by Gasteiger charge is 2.26. The lowest BCUT2D eigenvalue weighted by Gasteiger charge is -2.20. The van der Waals surface area contributed by atoms with Crippen molar-refractivity contribution < 1.29 is 13.5 Å². The Bertz CT molecular complexity index is 948. The van der Waals surface area contributed by atoms with E-state index in [-0.39, 0.29) is 22.0 Å². The van der Waals surface area contributed by atoms with Gasteiger partial charge in [-0.25, -0.2) is 12.7 Å². The first-order valence-corrected chi connectivity index (χ1v) is 8.30. The van der Waals surface area contributed by atoms with Gasteiger partial charge in [-0.15, -0.1) is 0 Å². The molecule has 0 spiro atoms. The third-order valence-corrected chi connectivity index (χ3v) is 5.11. The third kappa shape index (κ3) is 3.00. The van der Waals surface area contributed by atoms with Gasteiger partial charge in [0, 0.05) is 14.1 Å². The fourth-order valence-corrected chi connectivity index (χ4v) is 3.00. The number of phenolic OH excluding ortho intramolecular Hbond substituents is 1. The average Bonchev–Trinajstić information content (AvgIpc) is 2.51. The molecule has 0 saturated carbocycles. The lowest BCUT2D eigenvalue weighted by molar-refractivity contribution is 0.454. The van der Waals surface area contributed by atoms with E-state index >= 15 is 0 Å². The number of hydrazine groups is 1. The molecule has 0 heterocycles. The first kappa shape index (κ1) is 18.0. The van der Waals surface area contributed by atoms with Crippen molar-refractivity contribution in [3.63, 3.8) is 0 Å². The van der Waals surface area contributed by atoms with E-state index in [4.69, 9.17) is 0 Å². The minimum Gasteiger partial charge on any atom is -0.504 e. The molecule has 9 nitrogen and oxygen atoms in total. The third-order valence-electron chi connectivity index (χ3n) is 3.26. The normalized spacial score (nSPS) is 12.0. The van der Waals surface area contributed by atoms with Crippen LogP contribution in [-0.2, 0) is 10.0 Å². The standard InChI is InChI=1S/C13H17BN4O5S/c1-17(2)24(22,23)8-6-4-5-7(11(8)19)15-9-10(16-18(3)14)13(21)12(9)20/h4-6,15-16,19H,14H2,1-3H3. The number of nitrogens with zero attached hydrogens (tertiary/aromatic N) is 2. The molecular weight excluding hydrogens is 335 g/mol. The van der Waals surface area contributed by atoms with E-state index in [0.717, 1.165) is 4.31 Å². The Morgan fingerprint density at radius 3 is 2.21 bits per heavy atom. The number of anilines is 3. The molecule has 24 heavy (non-hydrogen) atoms. The van der Waals surface area contributed by atoms with Crippen molar-refractivity contribution in [2.24, 2.45) is 0 Å². The van der Waals surface area contributed by atoms with Crippen LogP contribution in [0.2, 0.25) is 0 Å². The fourth-order valence-electron chi connectivity index (χ4n) is 2.00. The number of benzene rings is 1. The summed E-state index contributed by atoms with van der Waals surface area (Å²) in [7, 11) is 2.10. The van der Waals surface area contributed by atoms with Gasteiger partial charge < -0.3 is 15.8 Å². The molecule has 11 heteroatoms. The van der Waals surface area contributed by atoms with Gasteiger partial charge >= 0.3 is 0 Å². The largest absolute Gasteiger partial charge is 0.504 e. The lowest BCUT2D eigenvalue weighted by Crippen LogP contribution is -2.39. The van der Waals surface area contributed by atoms with Gasteiger partial charge in [0.15, 0.2) is 5.75 Å². The molecule has 2 aromatic carbocycles. The van der Waals surface area contributed by atoms with E-state index in [1.54, 1.807) is 15.0 Å². The van der Waals surface area contributed by atoms with E-state index in [1.165, 1.54) is 37.2 Å². The van der Waals surface area contributed by atoms with Gasteiger partial charge in [0.2, 0.25) is 18.0 Å². The second-order valence-electron chi connectivity index (χ2n) is 5.48. The zero-order chi connectivity index (χ0) is 18.2. The summed E-state index contributed by atoms with van der Waals surface area (Å²) in [4.78, 5) is 24.5. The van der Waals surface area contributed by atoms with Crippen LogP contribution in [0.25, 0.3) is 0 Å². The first-order chi connectivity index (χ1) is 11.1. The smallest absolute Gasteiger partial charge is 0.254 e. The Balaban J connectivity index is 2.46. The fraction of sp³-hybridized carbons (Fsp3) is 0.231. The van der Waals surface area contributed by atoms with Crippen LogP contribution in [0.5, 0.6) is 5.75 Å². The number of aromatic hydroxyl groups is 1. The van der Waals surface area contributed by atoms with Crippen LogP contribution in [0.3, 0.4) is 0 Å². The van der Waals surface area contributed by atoms with Crippen LogP contribution in [-0.4, -0.2) is 51.9 Å². The molecule has 0 aliphatic carbocycles. The molecule has 0 aliphatic heterocycles. The molecule has 0 bridgehead atoms. The van der Waals surface area contributed by atoms with Crippen molar-refractivity contribution in [1.82, 2.24) is 9.23 Å². The molecule has 0 radical (unpaired) electrons. The minimum absolute atomic E-state index is 0.00633. The van der Waals surface area contributed by atoms with Gasteiger partial charge in [0.05, 0.1) is 5.69 Å². The maximum atomic E-state index is 12.2. The predicted molar refractivity (Wildman–Crippen MR) is 93.5 cm³/mol. The maximum Gasteiger partial charge on any atom is 0.254 e. The number of hydrogen-bond acceptors (Lipinski definition) is 8. The molecular formula is C13H17BN4O5S. The Morgan fingerprint density at radius 1 is 1.08 bits per heavy atom. The van der Waals surface area contributed by atoms with Gasteiger partial charge in [-0.2, -0.15) is 0 Å². The van der Waals surface area contributed by atoms with Crippen LogP contribution in [0, 0.1) is 0 Å². The van der Waals surface area contributed by atoms with Crippen LogP contribution in [0.4, 0.5) is 17.1 Å². The second kappa shape index (κ2) is 6.26. The van der Waals surface area contributed by atoms with E-state index in [2.05, 4.69) is 10.7 Å². The Kier molecular flexibility index (Phi) is 4.69. The van der Waals surface area contributed by atoms with Crippen LogP contribution < -0.4 is 21.6 Å². The number of para-hydroxylation sites is 1. The topological polar surface area (TPSA) is 119 Å². The van der Waals surface area contributed by atoms with Gasteiger partial charge in [0.1, 0.15) is 16.3 Å². The van der Waals surface area contributed by atoms with Crippen molar-refractivity contribution in [3.8, 4) is 5.75 Å². The molecule has 0 fully saturated rings. The van der Waals surface area contributed by atoms with E-state index in [9.17, 15) is 23.1 Å². The summed E-state index contributed by atoms with van der Waals surface area (Å²) in [6, 6.07) is 4.07. The Morgan fingerprint density at radius 2 is 1.67 bits per heavy atom. The van der Waals surface area contributed by atoms with Crippen molar-refractivity contribution >= 4 is 35.1 Å². The van der Waals surface area contributed by atoms with Gasteiger partial charge in [-0.3, -0.25) is 14.5 Å². The molecule has 0 aliphatic rings. The molecule has 128 valence electrons. The molecule has 0 atom stereocenters. The van der Waals surface area contributed by atoms with Crippen LogP contribution in [0.1, 0.15) is 0 Å². The second-order valence-corrected chi connectivity index (χ2v) is 7.60. The summed E-state index contributed by atoms with van der Waals surface area (Å²) in [5, 5.41) is 12.9. The molecule has 0 saturated heterocycles. The van der Waals surface area contributed by atoms with E-state index < -0.39 is 26.6 Å². The Labute approximate surface area is 139 Å². The highest BCUT2D eigenvalue weighted by Crippen LogP contribution is 2.34. The van der Waals surface area contributed by atoms with Crippen molar-refractivity contribution in [2.75, 3.05) is 31.9 Å². The first-order valence-electron chi connectivity index (χ1n) is 6.86. The predicted octanol–water partition coefficient (Wildman–Crippen LogP) is -1.21. The number of phenols is 1. The number of rotatable bonds is 6. The lowest BCUT2D eigenvalue weighted by atomic mass is 10.1. The van der Waals surface area contributed by atoms with Gasteiger partial charge in [-0.1, -0.05) is 6.07 Å². The number of sulfonamides is 1. The van der Waals surface area contributed by atoms with Crippen molar-refractivity contribution in [3.05, 3.63) is 38.6 Å². The van der Waals surface area contributed by atoms with Crippen molar-refractivity contribution in [1.29, 1.82) is 0 Å². The van der Waals surface area contributed by atoms with E-state index in [0.29, 0.717) is 0 Å². The SMILES string of the molecule is BN(C)Nc1c(Nc2cccc(S(=O)(=O)N(C)C)c2O)c(=O)c1=O. The van der Waals surface area contributed by atoms with Crippen molar-refractivity contribution in [2.45, 2.75) is 4.90 Å². The van der Waals surface area contributed by atoms with Gasteiger partial charge in [-0.05, 0) is 19.2 Å². The molecule has 2 rings (SSSR count). The maximum absolute atomic E-state index is 12.2. The zero-order valence-corrected chi connectivity index (χ0v) is 14.4. The molecule has 3 N–H and O–H groups in total. The summed E-state index contributed by atoms with van der Waals surface area (Å²) >= 11 is 0. The summed E-state index contributed by atoms with van der Waals surface area (Å²) in [5.74, 6) is -0.532. The highest BCUT2D eigenvalue weighted by atomic mass is 32.2. The quantitative estimate of drug-likeness (QED) is 0.256. The zero-order valence-electron chi connectivity index (χ0n) is 13.6. The summed E-state index contributed by atoms with van der Waals surface area (Å²) in [6.07, 6.45) is 0. The average molecular weight is 352 g/mol. The molecule has 2 aromatic rings.